The van der Waals surface area contributed by atoms with Gasteiger partial charge in [-0.05, 0) is 29.6 Å². The first-order chi connectivity index (χ1) is 10.6. The molecule has 0 bridgehead atoms. The molecule has 0 aliphatic rings. The Hall–Kier alpha value is -2.31. The van der Waals surface area contributed by atoms with Crippen LogP contribution in [0.15, 0.2) is 47.4 Å². The molecule has 0 aliphatic heterocycles. The van der Waals surface area contributed by atoms with Gasteiger partial charge in [-0.1, -0.05) is 31.2 Å². The minimum absolute atomic E-state index is 0.0790. The largest absolute Gasteiger partial charge is 0.488 e. The Bertz CT molecular complexity index is 850. The Morgan fingerprint density at radius 3 is 2.55 bits per heavy atom. The maximum Gasteiger partial charge on any atom is 0.488 e. The second-order valence-corrected chi connectivity index (χ2v) is 5.30. The van der Waals surface area contributed by atoms with Gasteiger partial charge in [-0.3, -0.25) is 4.79 Å². The van der Waals surface area contributed by atoms with Gasteiger partial charge in [0.2, 0.25) is 0 Å². The molecule has 5 nitrogen and oxygen atoms in total. The molecule has 0 atom stereocenters. The van der Waals surface area contributed by atoms with Crippen molar-refractivity contribution < 1.29 is 10.0 Å². The second kappa shape index (κ2) is 5.83. The van der Waals surface area contributed by atoms with Crippen LogP contribution in [0.2, 0.25) is 0 Å². The SMILES string of the molecule is CCc1cc2c(=O)[nH]ccc2n1Cc1ccc(B(O)O)cc1. The average Bonchev–Trinajstić information content (AvgIpc) is 2.87. The number of nitrogens with zero attached hydrogens (tertiary/aromatic N) is 1. The molecule has 0 unspecified atom stereocenters. The van der Waals surface area contributed by atoms with Crippen LogP contribution in [-0.4, -0.2) is 26.7 Å². The molecule has 3 N–H and O–H groups in total. The zero-order valence-corrected chi connectivity index (χ0v) is 12.3. The number of pyridine rings is 1. The van der Waals surface area contributed by atoms with Crippen molar-refractivity contribution in [2.24, 2.45) is 0 Å². The van der Waals surface area contributed by atoms with Crippen LogP contribution in [0.1, 0.15) is 18.2 Å². The first-order valence-electron chi connectivity index (χ1n) is 7.25. The Morgan fingerprint density at radius 2 is 1.91 bits per heavy atom. The number of aromatic nitrogens is 2. The Balaban J connectivity index is 2.03. The fraction of sp³-hybridized carbons (Fsp3) is 0.188. The highest BCUT2D eigenvalue weighted by Gasteiger charge is 2.12. The molecule has 2 aromatic heterocycles. The number of rotatable bonds is 4. The Labute approximate surface area is 128 Å². The maximum absolute atomic E-state index is 11.9. The number of hydrogen-bond donors (Lipinski definition) is 3. The van der Waals surface area contributed by atoms with Crippen LogP contribution in [0.3, 0.4) is 0 Å². The Kier molecular flexibility index (Phi) is 3.87. The first kappa shape index (κ1) is 14.6. The zero-order chi connectivity index (χ0) is 15.7. The van der Waals surface area contributed by atoms with Crippen LogP contribution < -0.4 is 11.0 Å². The quantitative estimate of drug-likeness (QED) is 0.618. The summed E-state index contributed by atoms with van der Waals surface area (Å²) in [7, 11) is -1.45. The zero-order valence-electron chi connectivity index (χ0n) is 12.3. The summed E-state index contributed by atoms with van der Waals surface area (Å²) >= 11 is 0. The third kappa shape index (κ3) is 2.58. The lowest BCUT2D eigenvalue weighted by Gasteiger charge is -2.10. The van der Waals surface area contributed by atoms with E-state index in [1.807, 2.05) is 24.3 Å². The fourth-order valence-corrected chi connectivity index (χ4v) is 2.71. The molecule has 3 aromatic rings. The van der Waals surface area contributed by atoms with Crippen LogP contribution in [0.4, 0.5) is 0 Å². The number of fused-ring (bicyclic) bond motifs is 1. The highest BCUT2D eigenvalue weighted by molar-refractivity contribution is 6.58. The summed E-state index contributed by atoms with van der Waals surface area (Å²) in [6.45, 7) is 2.70. The van der Waals surface area contributed by atoms with Crippen molar-refractivity contribution in [2.45, 2.75) is 19.9 Å². The Morgan fingerprint density at radius 1 is 1.18 bits per heavy atom. The second-order valence-electron chi connectivity index (χ2n) is 5.30. The van der Waals surface area contributed by atoms with Gasteiger partial charge in [0.1, 0.15) is 0 Å². The van der Waals surface area contributed by atoms with Gasteiger partial charge in [0.15, 0.2) is 0 Å². The summed E-state index contributed by atoms with van der Waals surface area (Å²) in [6.07, 6.45) is 2.49. The number of aromatic amines is 1. The van der Waals surface area contributed by atoms with Crippen LogP contribution in [0.25, 0.3) is 10.9 Å². The molecular formula is C16H17BN2O3. The monoisotopic (exact) mass is 296 g/mol. The number of nitrogens with one attached hydrogen (secondary N) is 1. The van der Waals surface area contributed by atoms with Crippen molar-refractivity contribution in [1.82, 2.24) is 9.55 Å². The molecular weight excluding hydrogens is 279 g/mol. The molecule has 2 heterocycles. The summed E-state index contributed by atoms with van der Waals surface area (Å²) in [6, 6.07) is 11.0. The molecule has 0 fully saturated rings. The van der Waals surface area contributed by atoms with Crippen LogP contribution in [-0.2, 0) is 13.0 Å². The molecule has 112 valence electrons. The standard InChI is InChI=1S/C16H17BN2O3/c1-2-13-9-14-15(7-8-18-16(14)20)19(13)10-11-3-5-12(6-4-11)17(21)22/h3-9,21-22H,2,10H2,1H3,(H,18,20). The van der Waals surface area contributed by atoms with E-state index in [4.69, 9.17) is 10.0 Å². The van der Waals surface area contributed by atoms with Crippen molar-refractivity contribution in [1.29, 1.82) is 0 Å². The molecule has 0 saturated heterocycles. The molecule has 0 aliphatic carbocycles. The fourth-order valence-electron chi connectivity index (χ4n) is 2.71. The molecule has 3 rings (SSSR count). The molecule has 0 spiro atoms. The lowest BCUT2D eigenvalue weighted by molar-refractivity contribution is 0.426. The maximum atomic E-state index is 11.9. The molecule has 0 radical (unpaired) electrons. The van der Waals surface area contributed by atoms with E-state index in [0.29, 0.717) is 17.4 Å². The van der Waals surface area contributed by atoms with E-state index < -0.39 is 7.12 Å². The van der Waals surface area contributed by atoms with E-state index in [1.165, 1.54) is 0 Å². The number of H-pyrrole nitrogens is 1. The molecule has 1 aromatic carbocycles. The van der Waals surface area contributed by atoms with Gasteiger partial charge < -0.3 is 19.6 Å². The summed E-state index contributed by atoms with van der Waals surface area (Å²) in [5, 5.41) is 19.0. The van der Waals surface area contributed by atoms with Gasteiger partial charge in [-0.15, -0.1) is 0 Å². The minimum atomic E-state index is -1.45. The van der Waals surface area contributed by atoms with E-state index in [2.05, 4.69) is 16.5 Å². The van der Waals surface area contributed by atoms with Gasteiger partial charge in [-0.2, -0.15) is 0 Å². The summed E-state index contributed by atoms with van der Waals surface area (Å²) in [5.74, 6) is 0. The average molecular weight is 296 g/mol. The normalized spacial score (nSPS) is 11.0. The third-order valence-electron chi connectivity index (χ3n) is 3.91. The smallest absolute Gasteiger partial charge is 0.423 e. The third-order valence-corrected chi connectivity index (χ3v) is 3.91. The molecule has 0 saturated carbocycles. The van der Waals surface area contributed by atoms with E-state index in [-0.39, 0.29) is 5.56 Å². The highest BCUT2D eigenvalue weighted by Crippen LogP contribution is 2.18. The highest BCUT2D eigenvalue weighted by atomic mass is 16.4. The number of benzene rings is 1. The van der Waals surface area contributed by atoms with Gasteiger partial charge >= 0.3 is 7.12 Å². The van der Waals surface area contributed by atoms with E-state index >= 15 is 0 Å². The van der Waals surface area contributed by atoms with Crippen molar-refractivity contribution in [3.63, 3.8) is 0 Å². The first-order valence-corrected chi connectivity index (χ1v) is 7.25. The van der Waals surface area contributed by atoms with Crippen molar-refractivity contribution in [3.8, 4) is 0 Å². The molecule has 6 heteroatoms. The van der Waals surface area contributed by atoms with E-state index in [1.54, 1.807) is 18.3 Å². The van der Waals surface area contributed by atoms with E-state index in [0.717, 1.165) is 23.2 Å². The van der Waals surface area contributed by atoms with Gasteiger partial charge in [0.25, 0.3) is 5.56 Å². The van der Waals surface area contributed by atoms with Crippen LogP contribution in [0, 0.1) is 0 Å². The topological polar surface area (TPSA) is 78.2 Å². The van der Waals surface area contributed by atoms with Gasteiger partial charge in [0.05, 0.1) is 10.9 Å². The van der Waals surface area contributed by atoms with Crippen molar-refractivity contribution in [3.05, 3.63) is 64.2 Å². The summed E-state index contributed by atoms with van der Waals surface area (Å²) < 4.78 is 2.12. The predicted octanol–water partition coefficient (Wildman–Crippen LogP) is 0.620. The molecule has 22 heavy (non-hydrogen) atoms. The van der Waals surface area contributed by atoms with Crippen molar-refractivity contribution >= 4 is 23.5 Å². The van der Waals surface area contributed by atoms with Crippen LogP contribution in [0.5, 0.6) is 0 Å². The van der Waals surface area contributed by atoms with Gasteiger partial charge in [-0.25, -0.2) is 0 Å². The summed E-state index contributed by atoms with van der Waals surface area (Å²) in [5.41, 5.74) is 3.43. The summed E-state index contributed by atoms with van der Waals surface area (Å²) in [4.78, 5) is 14.6. The lowest BCUT2D eigenvalue weighted by Crippen LogP contribution is -2.29. The van der Waals surface area contributed by atoms with Crippen molar-refractivity contribution in [2.75, 3.05) is 0 Å². The van der Waals surface area contributed by atoms with Crippen LogP contribution >= 0.6 is 0 Å². The number of aryl methyl sites for hydroxylation is 1. The number of hydrogen-bond acceptors (Lipinski definition) is 3. The van der Waals surface area contributed by atoms with E-state index in [9.17, 15) is 4.79 Å². The lowest BCUT2D eigenvalue weighted by atomic mass is 9.80. The molecule has 0 amide bonds. The predicted molar refractivity (Wildman–Crippen MR) is 87.3 cm³/mol. The van der Waals surface area contributed by atoms with Gasteiger partial charge in [0, 0.05) is 18.4 Å². The minimum Gasteiger partial charge on any atom is -0.423 e.